The van der Waals surface area contributed by atoms with Crippen molar-refractivity contribution in [3.8, 4) is 5.69 Å². The molecule has 0 radical (unpaired) electrons. The van der Waals surface area contributed by atoms with E-state index in [4.69, 9.17) is 0 Å². The van der Waals surface area contributed by atoms with E-state index < -0.39 is 0 Å². The number of halogens is 1. The number of carbonyl (C=O) groups is 1. The minimum absolute atomic E-state index is 0.0931. The fourth-order valence-corrected chi connectivity index (χ4v) is 2.15. The standard InChI is InChI=1S/C16H20FN3O/c1-5-11(2)19(4)16(21)13-10-18-20(12(13)3)15-9-7-6-8-14(15)17/h6-11H,5H2,1-4H3. The van der Waals surface area contributed by atoms with Crippen LogP contribution in [0.3, 0.4) is 0 Å². The first-order chi connectivity index (χ1) is 9.97. The van der Waals surface area contributed by atoms with Crippen LogP contribution < -0.4 is 0 Å². The summed E-state index contributed by atoms with van der Waals surface area (Å²) in [4.78, 5) is 14.2. The molecule has 2 rings (SSSR count). The minimum Gasteiger partial charge on any atom is -0.339 e. The zero-order chi connectivity index (χ0) is 15.6. The van der Waals surface area contributed by atoms with Gasteiger partial charge in [-0.3, -0.25) is 4.79 Å². The number of hydrogen-bond donors (Lipinski definition) is 0. The number of para-hydroxylation sites is 1. The first-order valence-corrected chi connectivity index (χ1v) is 7.04. The zero-order valence-corrected chi connectivity index (χ0v) is 12.8. The Hall–Kier alpha value is -2.17. The fourth-order valence-electron chi connectivity index (χ4n) is 2.15. The van der Waals surface area contributed by atoms with Crippen molar-refractivity contribution < 1.29 is 9.18 Å². The maximum absolute atomic E-state index is 13.9. The number of nitrogens with zero attached hydrogens (tertiary/aromatic N) is 3. The van der Waals surface area contributed by atoms with Gasteiger partial charge in [-0.25, -0.2) is 9.07 Å². The lowest BCUT2D eigenvalue weighted by molar-refractivity contribution is 0.0740. The smallest absolute Gasteiger partial charge is 0.257 e. The molecule has 1 unspecified atom stereocenters. The number of aromatic nitrogens is 2. The summed E-state index contributed by atoms with van der Waals surface area (Å²) in [6.45, 7) is 5.80. The third-order valence-electron chi connectivity index (χ3n) is 3.89. The number of rotatable bonds is 4. The summed E-state index contributed by atoms with van der Waals surface area (Å²) < 4.78 is 15.3. The van der Waals surface area contributed by atoms with Gasteiger partial charge in [-0.1, -0.05) is 19.1 Å². The Morgan fingerprint density at radius 2 is 2.10 bits per heavy atom. The Morgan fingerprint density at radius 3 is 2.71 bits per heavy atom. The molecule has 0 aliphatic rings. The third kappa shape index (κ3) is 2.82. The summed E-state index contributed by atoms with van der Waals surface area (Å²) in [5.41, 5.74) is 1.49. The van der Waals surface area contributed by atoms with Crippen molar-refractivity contribution in [2.24, 2.45) is 0 Å². The highest BCUT2D eigenvalue weighted by molar-refractivity contribution is 5.95. The molecular weight excluding hydrogens is 269 g/mol. The molecule has 0 fully saturated rings. The van der Waals surface area contributed by atoms with Gasteiger partial charge in [0.1, 0.15) is 11.5 Å². The molecule has 0 N–H and O–H groups in total. The van der Waals surface area contributed by atoms with E-state index in [0.717, 1.165) is 6.42 Å². The molecule has 0 aliphatic carbocycles. The van der Waals surface area contributed by atoms with Crippen LogP contribution in [0.2, 0.25) is 0 Å². The second kappa shape index (κ2) is 6.08. The van der Waals surface area contributed by atoms with Crippen LogP contribution in [0.5, 0.6) is 0 Å². The number of benzene rings is 1. The van der Waals surface area contributed by atoms with Gasteiger partial charge < -0.3 is 4.90 Å². The number of hydrogen-bond acceptors (Lipinski definition) is 2. The van der Waals surface area contributed by atoms with Gasteiger partial charge in [-0.2, -0.15) is 5.10 Å². The summed E-state index contributed by atoms with van der Waals surface area (Å²) in [7, 11) is 1.77. The molecule has 4 nitrogen and oxygen atoms in total. The Bertz CT molecular complexity index is 651. The molecule has 112 valence electrons. The van der Waals surface area contributed by atoms with E-state index in [9.17, 15) is 9.18 Å². The van der Waals surface area contributed by atoms with Gasteiger partial charge in [0.15, 0.2) is 0 Å². The summed E-state index contributed by atoms with van der Waals surface area (Å²) in [5.74, 6) is -0.456. The molecule has 21 heavy (non-hydrogen) atoms. The van der Waals surface area contributed by atoms with Gasteiger partial charge in [0, 0.05) is 13.1 Å². The van der Waals surface area contributed by atoms with Gasteiger partial charge in [-0.05, 0) is 32.4 Å². The predicted molar refractivity (Wildman–Crippen MR) is 80.1 cm³/mol. The van der Waals surface area contributed by atoms with E-state index in [1.54, 1.807) is 37.1 Å². The van der Waals surface area contributed by atoms with Crippen LogP contribution in [0.25, 0.3) is 5.69 Å². The quantitative estimate of drug-likeness (QED) is 0.867. The highest BCUT2D eigenvalue weighted by Crippen LogP contribution is 2.18. The Labute approximate surface area is 124 Å². The van der Waals surface area contributed by atoms with Gasteiger partial charge in [0.2, 0.25) is 0 Å². The summed E-state index contributed by atoms with van der Waals surface area (Å²) in [6, 6.07) is 6.53. The lowest BCUT2D eigenvalue weighted by Gasteiger charge is -2.23. The largest absolute Gasteiger partial charge is 0.339 e. The second-order valence-electron chi connectivity index (χ2n) is 5.18. The fraction of sp³-hybridized carbons (Fsp3) is 0.375. The van der Waals surface area contributed by atoms with E-state index in [1.807, 2.05) is 13.8 Å². The summed E-state index contributed by atoms with van der Waals surface area (Å²) in [6.07, 6.45) is 2.38. The maximum Gasteiger partial charge on any atom is 0.257 e. The molecule has 1 heterocycles. The molecule has 1 amide bonds. The van der Waals surface area contributed by atoms with Crippen molar-refractivity contribution in [2.75, 3.05) is 7.05 Å². The summed E-state index contributed by atoms with van der Waals surface area (Å²) in [5, 5.41) is 4.16. The second-order valence-corrected chi connectivity index (χ2v) is 5.18. The van der Waals surface area contributed by atoms with Crippen molar-refractivity contribution in [3.63, 3.8) is 0 Å². The monoisotopic (exact) mass is 289 g/mol. The molecule has 0 saturated heterocycles. The highest BCUT2D eigenvalue weighted by atomic mass is 19.1. The first kappa shape index (κ1) is 15.2. The van der Waals surface area contributed by atoms with Gasteiger partial charge in [0.05, 0.1) is 17.5 Å². The molecule has 2 aromatic rings. The van der Waals surface area contributed by atoms with Crippen molar-refractivity contribution in [1.82, 2.24) is 14.7 Å². The van der Waals surface area contributed by atoms with Crippen molar-refractivity contribution >= 4 is 5.91 Å². The third-order valence-corrected chi connectivity index (χ3v) is 3.89. The topological polar surface area (TPSA) is 38.1 Å². The average molecular weight is 289 g/mol. The molecule has 1 atom stereocenters. The van der Waals surface area contributed by atoms with E-state index >= 15 is 0 Å². The molecule has 1 aromatic carbocycles. The minimum atomic E-state index is -0.363. The van der Waals surface area contributed by atoms with Crippen LogP contribution in [-0.4, -0.2) is 33.7 Å². The Balaban J connectivity index is 2.38. The van der Waals surface area contributed by atoms with Crippen LogP contribution in [0.15, 0.2) is 30.5 Å². The zero-order valence-electron chi connectivity index (χ0n) is 12.8. The Morgan fingerprint density at radius 1 is 1.43 bits per heavy atom. The molecule has 1 aromatic heterocycles. The normalized spacial score (nSPS) is 12.2. The molecule has 0 aliphatic heterocycles. The Kier molecular flexibility index (Phi) is 4.40. The van der Waals surface area contributed by atoms with E-state index in [1.165, 1.54) is 16.9 Å². The molecule has 5 heteroatoms. The average Bonchev–Trinajstić information content (AvgIpc) is 2.87. The lowest BCUT2D eigenvalue weighted by Crippen LogP contribution is -2.34. The molecular formula is C16H20FN3O. The summed E-state index contributed by atoms with van der Waals surface area (Å²) >= 11 is 0. The lowest BCUT2D eigenvalue weighted by atomic mass is 10.1. The van der Waals surface area contributed by atoms with E-state index in [0.29, 0.717) is 16.9 Å². The van der Waals surface area contributed by atoms with E-state index in [-0.39, 0.29) is 17.8 Å². The number of amides is 1. The van der Waals surface area contributed by atoms with Gasteiger partial charge >= 0.3 is 0 Å². The van der Waals surface area contributed by atoms with Crippen LogP contribution >= 0.6 is 0 Å². The number of carbonyl (C=O) groups excluding carboxylic acids is 1. The maximum atomic E-state index is 13.9. The molecule has 0 spiro atoms. The van der Waals surface area contributed by atoms with Crippen molar-refractivity contribution in [3.05, 3.63) is 47.5 Å². The van der Waals surface area contributed by atoms with E-state index in [2.05, 4.69) is 5.10 Å². The van der Waals surface area contributed by atoms with Crippen LogP contribution in [0, 0.1) is 12.7 Å². The molecule has 0 bridgehead atoms. The van der Waals surface area contributed by atoms with Crippen LogP contribution in [0.4, 0.5) is 4.39 Å². The van der Waals surface area contributed by atoms with Crippen LogP contribution in [-0.2, 0) is 0 Å². The first-order valence-electron chi connectivity index (χ1n) is 7.04. The van der Waals surface area contributed by atoms with Crippen molar-refractivity contribution in [2.45, 2.75) is 33.2 Å². The SMILES string of the molecule is CCC(C)N(C)C(=O)c1cnn(-c2ccccc2F)c1C. The van der Waals surface area contributed by atoms with Gasteiger partial charge in [0.25, 0.3) is 5.91 Å². The van der Waals surface area contributed by atoms with Crippen LogP contribution in [0.1, 0.15) is 36.3 Å². The predicted octanol–water partition coefficient (Wildman–Crippen LogP) is 3.19. The highest BCUT2D eigenvalue weighted by Gasteiger charge is 2.21. The van der Waals surface area contributed by atoms with Gasteiger partial charge in [-0.15, -0.1) is 0 Å². The van der Waals surface area contributed by atoms with Crippen molar-refractivity contribution in [1.29, 1.82) is 0 Å². The molecule has 0 saturated carbocycles.